The van der Waals surface area contributed by atoms with Crippen molar-refractivity contribution in [2.75, 3.05) is 14.2 Å². The van der Waals surface area contributed by atoms with E-state index in [0.29, 0.717) is 5.56 Å². The molecule has 0 radical (unpaired) electrons. The van der Waals surface area contributed by atoms with Crippen molar-refractivity contribution in [3.63, 3.8) is 0 Å². The lowest BCUT2D eigenvalue weighted by molar-refractivity contribution is -0.384. The average molecular weight is 376 g/mol. The van der Waals surface area contributed by atoms with Gasteiger partial charge >= 0.3 is 5.97 Å². The number of methoxy groups -OCH3 is 2. The van der Waals surface area contributed by atoms with Crippen LogP contribution in [-0.2, 0) is 4.74 Å². The first kappa shape index (κ1) is 19.8. The van der Waals surface area contributed by atoms with E-state index in [1.54, 1.807) is 13.0 Å². The molecule has 0 aromatic heterocycles. The molecule has 0 saturated heterocycles. The van der Waals surface area contributed by atoms with Crippen molar-refractivity contribution in [2.45, 2.75) is 13.0 Å². The Kier molecular flexibility index (Phi) is 6.07. The molecule has 1 amide bonds. The molecule has 2 rings (SSSR count). The molecule has 2 aromatic rings. The van der Waals surface area contributed by atoms with Crippen LogP contribution in [0.3, 0.4) is 0 Å². The average Bonchev–Trinajstić information content (AvgIpc) is 2.66. The van der Waals surface area contributed by atoms with Gasteiger partial charge in [0, 0.05) is 17.7 Å². The van der Waals surface area contributed by atoms with Gasteiger partial charge in [-0.1, -0.05) is 6.07 Å². The number of benzene rings is 2. The molecular formula is C18H17FN2O6. The zero-order valence-electron chi connectivity index (χ0n) is 14.8. The van der Waals surface area contributed by atoms with E-state index in [0.717, 1.165) is 19.2 Å². The van der Waals surface area contributed by atoms with Crippen LogP contribution in [0.4, 0.5) is 10.1 Å². The van der Waals surface area contributed by atoms with Crippen molar-refractivity contribution in [3.05, 3.63) is 69.0 Å². The van der Waals surface area contributed by atoms with Gasteiger partial charge in [-0.15, -0.1) is 0 Å². The second-order valence-corrected chi connectivity index (χ2v) is 5.61. The zero-order valence-corrected chi connectivity index (χ0v) is 14.8. The summed E-state index contributed by atoms with van der Waals surface area (Å²) in [6.07, 6.45) is 0. The van der Waals surface area contributed by atoms with Crippen molar-refractivity contribution in [1.29, 1.82) is 0 Å². The highest BCUT2D eigenvalue weighted by atomic mass is 19.1. The SMILES string of the molecule is COC(=O)c1cc(C(=O)NC(C)c2ccc(OC)c(F)c2)cc([N+](=O)[O-])c1. The normalized spacial score (nSPS) is 11.4. The van der Waals surface area contributed by atoms with Gasteiger partial charge in [0.1, 0.15) is 0 Å². The Hall–Kier alpha value is -3.49. The molecule has 142 valence electrons. The Balaban J connectivity index is 2.28. The maximum absolute atomic E-state index is 13.8. The van der Waals surface area contributed by atoms with E-state index in [4.69, 9.17) is 4.74 Å². The Bertz CT molecular complexity index is 899. The minimum absolute atomic E-state index is 0.0682. The van der Waals surface area contributed by atoms with E-state index in [-0.39, 0.29) is 16.9 Å². The number of carbonyl (C=O) groups is 2. The fourth-order valence-corrected chi connectivity index (χ4v) is 2.40. The molecule has 0 bridgehead atoms. The highest BCUT2D eigenvalue weighted by Gasteiger charge is 2.20. The topological polar surface area (TPSA) is 108 Å². The van der Waals surface area contributed by atoms with Gasteiger partial charge in [0.2, 0.25) is 0 Å². The Morgan fingerprint density at radius 2 is 1.81 bits per heavy atom. The number of non-ortho nitro benzene ring substituents is 1. The molecule has 1 unspecified atom stereocenters. The Labute approximate surface area is 154 Å². The molecule has 0 aliphatic carbocycles. The first-order valence-corrected chi connectivity index (χ1v) is 7.79. The molecule has 8 nitrogen and oxygen atoms in total. The van der Waals surface area contributed by atoms with Crippen LogP contribution in [0.15, 0.2) is 36.4 Å². The van der Waals surface area contributed by atoms with Crippen LogP contribution in [0.2, 0.25) is 0 Å². The number of hydrogen-bond donors (Lipinski definition) is 1. The summed E-state index contributed by atoms with van der Waals surface area (Å²) in [7, 11) is 2.46. The molecule has 0 heterocycles. The summed E-state index contributed by atoms with van der Waals surface area (Å²) in [5, 5.41) is 13.7. The number of nitrogens with one attached hydrogen (secondary N) is 1. The summed E-state index contributed by atoms with van der Waals surface area (Å²) in [4.78, 5) is 34.5. The van der Waals surface area contributed by atoms with E-state index >= 15 is 0 Å². The van der Waals surface area contributed by atoms with Crippen LogP contribution < -0.4 is 10.1 Å². The smallest absolute Gasteiger partial charge is 0.338 e. The van der Waals surface area contributed by atoms with Gasteiger partial charge in [0.05, 0.1) is 30.7 Å². The standard InChI is InChI=1S/C18H17FN2O6/c1-10(11-4-5-16(26-2)15(19)9-11)20-17(22)12-6-13(18(23)27-3)8-14(7-12)21(24)25/h4-10H,1-3H3,(H,20,22). The van der Waals surface area contributed by atoms with E-state index in [1.165, 1.54) is 25.3 Å². The number of nitrogens with zero attached hydrogens (tertiary/aromatic N) is 1. The molecule has 2 aromatic carbocycles. The largest absolute Gasteiger partial charge is 0.494 e. The van der Waals surface area contributed by atoms with Crippen molar-refractivity contribution in [1.82, 2.24) is 5.32 Å². The van der Waals surface area contributed by atoms with Crippen molar-refractivity contribution in [2.24, 2.45) is 0 Å². The van der Waals surface area contributed by atoms with Crippen LogP contribution in [0.25, 0.3) is 0 Å². The minimum Gasteiger partial charge on any atom is -0.494 e. The molecule has 0 saturated carbocycles. The van der Waals surface area contributed by atoms with E-state index in [2.05, 4.69) is 10.1 Å². The lowest BCUT2D eigenvalue weighted by atomic mass is 10.1. The summed E-state index contributed by atoms with van der Waals surface area (Å²) in [6.45, 7) is 1.62. The highest BCUT2D eigenvalue weighted by molar-refractivity contribution is 5.99. The fourth-order valence-electron chi connectivity index (χ4n) is 2.40. The fraction of sp³-hybridized carbons (Fsp3) is 0.222. The minimum atomic E-state index is -0.807. The predicted molar refractivity (Wildman–Crippen MR) is 93.3 cm³/mol. The second kappa shape index (κ2) is 8.26. The maximum Gasteiger partial charge on any atom is 0.338 e. The molecule has 0 fully saturated rings. The van der Waals surface area contributed by atoms with Crippen molar-refractivity contribution in [3.8, 4) is 5.75 Å². The lowest BCUT2D eigenvalue weighted by Gasteiger charge is -2.15. The van der Waals surface area contributed by atoms with Crippen LogP contribution >= 0.6 is 0 Å². The number of rotatable bonds is 6. The molecule has 1 N–H and O–H groups in total. The Morgan fingerprint density at radius 1 is 1.15 bits per heavy atom. The van der Waals surface area contributed by atoms with Crippen molar-refractivity contribution < 1.29 is 28.4 Å². The zero-order chi connectivity index (χ0) is 20.1. The molecule has 0 spiro atoms. The quantitative estimate of drug-likeness (QED) is 0.472. The molecular weight excluding hydrogens is 359 g/mol. The van der Waals surface area contributed by atoms with E-state index in [1.807, 2.05) is 0 Å². The first-order chi connectivity index (χ1) is 12.8. The van der Waals surface area contributed by atoms with Crippen LogP contribution in [0, 0.1) is 15.9 Å². The van der Waals surface area contributed by atoms with Crippen LogP contribution in [0.1, 0.15) is 39.2 Å². The number of hydrogen-bond acceptors (Lipinski definition) is 6. The lowest BCUT2D eigenvalue weighted by Crippen LogP contribution is -2.27. The first-order valence-electron chi connectivity index (χ1n) is 7.79. The monoisotopic (exact) mass is 376 g/mol. The maximum atomic E-state index is 13.8. The molecule has 27 heavy (non-hydrogen) atoms. The third-order valence-electron chi connectivity index (χ3n) is 3.84. The van der Waals surface area contributed by atoms with Gasteiger partial charge in [-0.2, -0.15) is 0 Å². The molecule has 0 aliphatic rings. The van der Waals surface area contributed by atoms with Crippen LogP contribution in [-0.4, -0.2) is 31.0 Å². The summed E-state index contributed by atoms with van der Waals surface area (Å²) >= 11 is 0. The Morgan fingerprint density at radius 3 is 2.37 bits per heavy atom. The van der Waals surface area contributed by atoms with Crippen LogP contribution in [0.5, 0.6) is 5.75 Å². The third kappa shape index (κ3) is 4.57. The van der Waals surface area contributed by atoms with Gasteiger partial charge in [-0.05, 0) is 30.7 Å². The van der Waals surface area contributed by atoms with E-state index in [9.17, 15) is 24.1 Å². The number of esters is 1. The summed E-state index contributed by atoms with van der Waals surface area (Å²) in [5.41, 5.74) is -0.170. The third-order valence-corrected chi connectivity index (χ3v) is 3.84. The summed E-state index contributed by atoms with van der Waals surface area (Å²) in [6, 6.07) is 6.88. The number of nitro benzene ring substituents is 1. The molecule has 9 heteroatoms. The van der Waals surface area contributed by atoms with Crippen molar-refractivity contribution >= 4 is 17.6 Å². The number of nitro groups is 1. The second-order valence-electron chi connectivity index (χ2n) is 5.61. The number of amides is 1. The summed E-state index contributed by atoms with van der Waals surface area (Å²) in [5.74, 6) is -1.98. The van der Waals surface area contributed by atoms with Gasteiger partial charge in [-0.3, -0.25) is 14.9 Å². The number of ether oxygens (including phenoxy) is 2. The van der Waals surface area contributed by atoms with Gasteiger partial charge in [-0.25, -0.2) is 9.18 Å². The number of carbonyl (C=O) groups excluding carboxylic acids is 2. The van der Waals surface area contributed by atoms with Gasteiger partial charge < -0.3 is 14.8 Å². The summed E-state index contributed by atoms with van der Waals surface area (Å²) < 4.78 is 23.2. The molecule has 0 aliphatic heterocycles. The van der Waals surface area contributed by atoms with Gasteiger partial charge in [0.25, 0.3) is 11.6 Å². The van der Waals surface area contributed by atoms with Gasteiger partial charge in [0.15, 0.2) is 11.6 Å². The molecule has 1 atom stereocenters. The number of halogens is 1. The van der Waals surface area contributed by atoms with E-state index < -0.39 is 34.3 Å². The predicted octanol–water partition coefficient (Wildman–Crippen LogP) is 3.02. The highest BCUT2D eigenvalue weighted by Crippen LogP contribution is 2.23.